The second-order valence-electron chi connectivity index (χ2n) is 4.50. The van der Waals surface area contributed by atoms with Gasteiger partial charge in [0.25, 0.3) is 5.91 Å². The Morgan fingerprint density at radius 2 is 2.05 bits per heavy atom. The fourth-order valence-corrected chi connectivity index (χ4v) is 1.81. The smallest absolute Gasteiger partial charge is 0.339 e. The lowest BCUT2D eigenvalue weighted by molar-refractivity contribution is -0.123. The third-order valence-electron chi connectivity index (χ3n) is 2.92. The number of hydrogen-bond donors (Lipinski definition) is 2. The monoisotopic (exact) mass is 295 g/mol. The van der Waals surface area contributed by atoms with Crippen LogP contribution in [0.1, 0.15) is 30.1 Å². The minimum absolute atomic E-state index is 0.0371. The number of benzene rings is 1. The van der Waals surface area contributed by atoms with E-state index < -0.39 is 5.97 Å². The minimum Gasteiger partial charge on any atom is -0.483 e. The van der Waals surface area contributed by atoms with Crippen LogP contribution in [-0.4, -0.2) is 36.9 Å². The van der Waals surface area contributed by atoms with Crippen LogP contribution in [0, 0.1) is 0 Å². The lowest BCUT2D eigenvalue weighted by atomic mass is 10.2. The molecule has 0 aliphatic carbocycles. The molecule has 7 heteroatoms. The molecule has 0 bridgehead atoms. The molecule has 1 heterocycles. The van der Waals surface area contributed by atoms with Gasteiger partial charge in [-0.25, -0.2) is 4.79 Å². The van der Waals surface area contributed by atoms with E-state index in [0.29, 0.717) is 18.0 Å². The molecule has 0 spiro atoms. The lowest BCUT2D eigenvalue weighted by Gasteiger charge is -2.10. The van der Waals surface area contributed by atoms with Gasteiger partial charge in [-0.1, -0.05) is 13.3 Å². The fourth-order valence-electron chi connectivity index (χ4n) is 1.81. The number of rotatable bonds is 7. The fraction of sp³-hybridized carbons (Fsp3) is 0.429. The molecule has 0 saturated carbocycles. The first-order valence-electron chi connectivity index (χ1n) is 6.68. The molecule has 21 heavy (non-hydrogen) atoms. The zero-order chi connectivity index (χ0) is 15.2. The first-order valence-corrected chi connectivity index (χ1v) is 6.68. The maximum absolute atomic E-state index is 11.6. The second kappa shape index (κ2) is 6.83. The number of amides is 1. The van der Waals surface area contributed by atoms with Crippen LogP contribution in [0.2, 0.25) is 0 Å². The van der Waals surface area contributed by atoms with Gasteiger partial charge in [0.15, 0.2) is 18.1 Å². The van der Waals surface area contributed by atoms with Crippen LogP contribution in [0.3, 0.4) is 0 Å². The molecule has 0 unspecified atom stereocenters. The van der Waals surface area contributed by atoms with Crippen molar-refractivity contribution >= 4 is 11.9 Å². The number of ether oxygens (including phenoxy) is 3. The van der Waals surface area contributed by atoms with Gasteiger partial charge in [-0.15, -0.1) is 0 Å². The van der Waals surface area contributed by atoms with Gasteiger partial charge in [0, 0.05) is 18.7 Å². The van der Waals surface area contributed by atoms with Crippen LogP contribution in [0.25, 0.3) is 0 Å². The van der Waals surface area contributed by atoms with Crippen molar-refractivity contribution < 1.29 is 28.9 Å². The molecular weight excluding hydrogens is 278 g/mol. The first kappa shape index (κ1) is 15.0. The highest BCUT2D eigenvalue weighted by Crippen LogP contribution is 2.38. The Bertz CT molecular complexity index is 543. The molecule has 0 radical (unpaired) electrons. The number of nitrogens with one attached hydrogen (secondary N) is 1. The highest BCUT2D eigenvalue weighted by atomic mass is 16.7. The van der Waals surface area contributed by atoms with Crippen LogP contribution >= 0.6 is 0 Å². The number of carbonyl (C=O) groups is 2. The molecule has 0 fully saturated rings. The van der Waals surface area contributed by atoms with Gasteiger partial charge in [-0.05, 0) is 6.42 Å². The van der Waals surface area contributed by atoms with Crippen molar-refractivity contribution in [2.75, 3.05) is 19.9 Å². The molecule has 0 atom stereocenters. The van der Waals surface area contributed by atoms with Crippen LogP contribution in [-0.2, 0) is 4.79 Å². The summed E-state index contributed by atoms with van der Waals surface area (Å²) in [6.45, 7) is 2.39. The molecule has 114 valence electrons. The molecule has 1 aromatic rings. The molecule has 2 N–H and O–H groups in total. The Morgan fingerprint density at radius 3 is 2.71 bits per heavy atom. The molecule has 1 aliphatic heterocycles. The van der Waals surface area contributed by atoms with E-state index in [4.69, 9.17) is 19.3 Å². The van der Waals surface area contributed by atoms with Crippen LogP contribution in [0.15, 0.2) is 12.1 Å². The molecule has 1 amide bonds. The molecule has 7 nitrogen and oxygen atoms in total. The van der Waals surface area contributed by atoms with E-state index in [1.807, 2.05) is 6.92 Å². The Balaban J connectivity index is 2.02. The Hall–Kier alpha value is -2.44. The van der Waals surface area contributed by atoms with Crippen molar-refractivity contribution in [3.8, 4) is 17.2 Å². The van der Waals surface area contributed by atoms with Crippen molar-refractivity contribution in [2.45, 2.75) is 19.8 Å². The quantitative estimate of drug-likeness (QED) is 0.739. The van der Waals surface area contributed by atoms with Crippen molar-refractivity contribution in [2.24, 2.45) is 0 Å². The molecule has 2 rings (SSSR count). The number of fused-ring (bicyclic) bond motifs is 1. The van der Waals surface area contributed by atoms with E-state index in [2.05, 4.69) is 5.32 Å². The largest absolute Gasteiger partial charge is 0.483 e. The van der Waals surface area contributed by atoms with Gasteiger partial charge >= 0.3 is 5.97 Å². The molecule has 0 aromatic heterocycles. The van der Waals surface area contributed by atoms with Gasteiger partial charge in [-0.2, -0.15) is 0 Å². The van der Waals surface area contributed by atoms with Crippen LogP contribution in [0.5, 0.6) is 17.2 Å². The molecule has 1 aliphatic rings. The summed E-state index contributed by atoms with van der Waals surface area (Å²) >= 11 is 0. The van der Waals surface area contributed by atoms with E-state index in [-0.39, 0.29) is 30.6 Å². The third-order valence-corrected chi connectivity index (χ3v) is 2.92. The molecule has 0 saturated heterocycles. The Morgan fingerprint density at radius 1 is 1.33 bits per heavy atom. The normalized spacial score (nSPS) is 12.0. The Kier molecular flexibility index (Phi) is 4.86. The van der Waals surface area contributed by atoms with Crippen molar-refractivity contribution in [3.05, 3.63) is 17.7 Å². The summed E-state index contributed by atoms with van der Waals surface area (Å²) in [6, 6.07) is 2.75. The zero-order valence-electron chi connectivity index (χ0n) is 11.7. The highest BCUT2D eigenvalue weighted by molar-refractivity contribution is 5.92. The van der Waals surface area contributed by atoms with Crippen molar-refractivity contribution in [1.29, 1.82) is 0 Å². The van der Waals surface area contributed by atoms with E-state index in [0.717, 1.165) is 12.8 Å². The summed E-state index contributed by atoms with van der Waals surface area (Å²) in [4.78, 5) is 22.8. The maximum Gasteiger partial charge on any atom is 0.339 e. The van der Waals surface area contributed by atoms with Gasteiger partial charge in [0.1, 0.15) is 11.3 Å². The standard InChI is InChI=1S/C14H17NO6/c1-2-3-4-15-13(16)7-19-10-6-12-11(20-8-21-12)5-9(10)14(17)18/h5-6H,2-4,7-8H2,1H3,(H,15,16)(H,17,18). The summed E-state index contributed by atoms with van der Waals surface area (Å²) < 4.78 is 15.6. The zero-order valence-corrected chi connectivity index (χ0v) is 11.7. The SMILES string of the molecule is CCCCNC(=O)COc1cc2c(cc1C(=O)O)OCO2. The van der Waals surface area contributed by atoms with E-state index in [1.165, 1.54) is 12.1 Å². The van der Waals surface area contributed by atoms with Gasteiger partial charge in [0.2, 0.25) is 6.79 Å². The van der Waals surface area contributed by atoms with Gasteiger partial charge < -0.3 is 24.6 Å². The third kappa shape index (κ3) is 3.77. The number of carbonyl (C=O) groups excluding carboxylic acids is 1. The summed E-state index contributed by atoms with van der Waals surface area (Å²) in [5, 5.41) is 11.8. The van der Waals surface area contributed by atoms with E-state index >= 15 is 0 Å². The number of carboxylic acid groups (broad SMARTS) is 1. The first-order chi connectivity index (χ1) is 10.1. The Labute approximate surface area is 121 Å². The number of unbranched alkanes of at least 4 members (excludes halogenated alkanes) is 1. The number of hydrogen-bond acceptors (Lipinski definition) is 5. The number of carboxylic acids is 1. The van der Waals surface area contributed by atoms with E-state index in [9.17, 15) is 9.59 Å². The van der Waals surface area contributed by atoms with Gasteiger partial charge in [0.05, 0.1) is 0 Å². The second-order valence-corrected chi connectivity index (χ2v) is 4.50. The van der Waals surface area contributed by atoms with Crippen molar-refractivity contribution in [3.63, 3.8) is 0 Å². The molecular formula is C14H17NO6. The van der Waals surface area contributed by atoms with Crippen LogP contribution < -0.4 is 19.5 Å². The van der Waals surface area contributed by atoms with Crippen LogP contribution in [0.4, 0.5) is 0 Å². The summed E-state index contributed by atoms with van der Waals surface area (Å²) in [5.74, 6) is -0.613. The summed E-state index contributed by atoms with van der Waals surface area (Å²) in [7, 11) is 0. The van der Waals surface area contributed by atoms with Gasteiger partial charge in [-0.3, -0.25) is 4.79 Å². The predicted octanol–water partition coefficient (Wildman–Crippen LogP) is 1.41. The average Bonchev–Trinajstić information content (AvgIpc) is 2.91. The summed E-state index contributed by atoms with van der Waals surface area (Å²) in [5.41, 5.74) is -0.0689. The predicted molar refractivity (Wildman–Crippen MR) is 72.9 cm³/mol. The number of aromatic carboxylic acids is 1. The maximum atomic E-state index is 11.6. The lowest BCUT2D eigenvalue weighted by Crippen LogP contribution is -2.29. The molecule has 1 aromatic carbocycles. The minimum atomic E-state index is -1.16. The van der Waals surface area contributed by atoms with Crippen molar-refractivity contribution in [1.82, 2.24) is 5.32 Å². The summed E-state index contributed by atoms with van der Waals surface area (Å²) in [6.07, 6.45) is 1.86. The average molecular weight is 295 g/mol. The highest BCUT2D eigenvalue weighted by Gasteiger charge is 2.22. The topological polar surface area (TPSA) is 94.1 Å². The van der Waals surface area contributed by atoms with E-state index in [1.54, 1.807) is 0 Å².